The van der Waals surface area contributed by atoms with Crippen LogP contribution < -0.4 is 5.32 Å². The van der Waals surface area contributed by atoms with Crippen LogP contribution in [0, 0.1) is 17.7 Å². The van der Waals surface area contributed by atoms with Crippen molar-refractivity contribution in [1.82, 2.24) is 14.9 Å². The van der Waals surface area contributed by atoms with E-state index in [9.17, 15) is 14.0 Å². The minimum Gasteiger partial charge on any atom is -0.334 e. The van der Waals surface area contributed by atoms with Gasteiger partial charge >= 0.3 is 0 Å². The van der Waals surface area contributed by atoms with Gasteiger partial charge < -0.3 is 10.2 Å². The Balaban J connectivity index is 1.47. The Bertz CT molecular complexity index is 1250. The second-order valence-electron chi connectivity index (χ2n) is 8.46. The van der Waals surface area contributed by atoms with Crippen molar-refractivity contribution >= 4 is 34.1 Å². The van der Waals surface area contributed by atoms with Gasteiger partial charge in [-0.1, -0.05) is 31.2 Å². The van der Waals surface area contributed by atoms with Crippen LogP contribution in [0.3, 0.4) is 0 Å². The van der Waals surface area contributed by atoms with E-state index in [0.29, 0.717) is 18.9 Å². The van der Waals surface area contributed by atoms with Gasteiger partial charge in [-0.25, -0.2) is 9.37 Å². The van der Waals surface area contributed by atoms with Gasteiger partial charge in [0.1, 0.15) is 5.82 Å². The van der Waals surface area contributed by atoms with Gasteiger partial charge in [0.15, 0.2) is 5.82 Å². The molecule has 3 heterocycles. The van der Waals surface area contributed by atoms with Crippen molar-refractivity contribution in [2.24, 2.45) is 11.8 Å². The van der Waals surface area contributed by atoms with Gasteiger partial charge in [-0.2, -0.15) is 0 Å². The number of hydrogen-bond acceptors (Lipinski definition) is 4. The topological polar surface area (TPSA) is 75.2 Å². The first-order valence-corrected chi connectivity index (χ1v) is 10.8. The molecule has 1 N–H and O–H groups in total. The minimum atomic E-state index is -0.615. The summed E-state index contributed by atoms with van der Waals surface area (Å²) in [5.74, 6) is -0.287. The summed E-state index contributed by atoms with van der Waals surface area (Å²) in [4.78, 5) is 35.1. The summed E-state index contributed by atoms with van der Waals surface area (Å²) >= 11 is 0. The smallest absolute Gasteiger partial charge is 0.257 e. The number of para-hydroxylation sites is 1. The number of amides is 2. The molecule has 1 fully saturated rings. The van der Waals surface area contributed by atoms with Crippen molar-refractivity contribution in [2.45, 2.75) is 19.8 Å². The van der Waals surface area contributed by atoms with Gasteiger partial charge in [0.25, 0.3) is 5.91 Å². The summed E-state index contributed by atoms with van der Waals surface area (Å²) in [6, 6.07) is 11.2. The van der Waals surface area contributed by atoms with E-state index in [2.05, 4.69) is 15.3 Å². The van der Waals surface area contributed by atoms with Crippen molar-refractivity contribution in [2.75, 3.05) is 18.4 Å². The van der Waals surface area contributed by atoms with Crippen molar-refractivity contribution < 1.29 is 14.0 Å². The van der Waals surface area contributed by atoms with E-state index in [4.69, 9.17) is 0 Å². The molecule has 1 aromatic carbocycles. The lowest BCUT2D eigenvalue weighted by atomic mass is 9.88. The highest BCUT2D eigenvalue weighted by Gasteiger charge is 2.30. The van der Waals surface area contributed by atoms with Gasteiger partial charge in [0.05, 0.1) is 17.3 Å². The predicted molar refractivity (Wildman–Crippen MR) is 120 cm³/mol. The molecule has 6 nitrogen and oxygen atoms in total. The van der Waals surface area contributed by atoms with Crippen LogP contribution in [0.25, 0.3) is 16.5 Å². The molecule has 0 spiro atoms. The van der Waals surface area contributed by atoms with Gasteiger partial charge in [-0.05, 0) is 48.1 Å². The van der Waals surface area contributed by atoms with E-state index in [0.717, 1.165) is 41.1 Å². The van der Waals surface area contributed by atoms with Crippen LogP contribution >= 0.6 is 0 Å². The quantitative estimate of drug-likeness (QED) is 0.670. The highest BCUT2D eigenvalue weighted by atomic mass is 19.1. The Labute approximate surface area is 185 Å². The fourth-order valence-electron chi connectivity index (χ4n) is 4.23. The summed E-state index contributed by atoms with van der Waals surface area (Å²) in [7, 11) is 0. The van der Waals surface area contributed by atoms with Gasteiger partial charge in [0.2, 0.25) is 5.91 Å². The molecule has 32 heavy (non-hydrogen) atoms. The zero-order valence-electron chi connectivity index (χ0n) is 17.7. The molecule has 1 unspecified atom stereocenters. The molecule has 5 rings (SSSR count). The molecule has 2 aliphatic rings. The molecule has 1 aliphatic carbocycles. The number of carbonyl (C=O) groups excluding carboxylic acids is 2. The third-order valence-electron chi connectivity index (χ3n) is 6.07. The van der Waals surface area contributed by atoms with Crippen molar-refractivity contribution in [3.8, 4) is 0 Å². The molecule has 3 aromatic rings. The second kappa shape index (κ2) is 8.15. The highest BCUT2D eigenvalue weighted by Crippen LogP contribution is 2.35. The Morgan fingerprint density at radius 3 is 2.75 bits per heavy atom. The summed E-state index contributed by atoms with van der Waals surface area (Å²) in [5.41, 5.74) is 2.92. The van der Waals surface area contributed by atoms with Gasteiger partial charge in [-0.15, -0.1) is 0 Å². The number of carbonyl (C=O) groups is 2. The Hall–Kier alpha value is -3.61. The van der Waals surface area contributed by atoms with E-state index in [1.807, 2.05) is 43.3 Å². The van der Waals surface area contributed by atoms with E-state index in [-0.39, 0.29) is 29.2 Å². The molecular formula is C25H23FN4O2. The standard InChI is InChI=1S/C25H23FN4O2/c1-15-14-30(25(32)19-8-10-27-13-21(19)26)11-9-17(15)20-12-23(29-24(31)16-6-7-16)28-22-5-3-2-4-18(20)22/h2-5,8-10,12-13,15-16H,6-7,11,14H2,1H3,(H,28,29,31). The summed E-state index contributed by atoms with van der Waals surface area (Å²) < 4.78 is 14.1. The van der Waals surface area contributed by atoms with Crippen LogP contribution in [0.1, 0.15) is 35.7 Å². The molecule has 1 saturated carbocycles. The van der Waals surface area contributed by atoms with E-state index >= 15 is 0 Å². The number of halogens is 1. The first-order valence-electron chi connectivity index (χ1n) is 10.8. The van der Waals surface area contributed by atoms with Crippen LogP contribution in [-0.2, 0) is 4.79 Å². The summed E-state index contributed by atoms with van der Waals surface area (Å²) in [6.45, 7) is 2.89. The van der Waals surface area contributed by atoms with Crippen molar-refractivity contribution in [1.29, 1.82) is 0 Å². The normalized spacial score (nSPS) is 18.4. The van der Waals surface area contributed by atoms with Crippen LogP contribution in [-0.4, -0.2) is 39.8 Å². The maximum absolute atomic E-state index is 14.1. The molecule has 0 radical (unpaired) electrons. The maximum Gasteiger partial charge on any atom is 0.257 e. The lowest BCUT2D eigenvalue weighted by molar-refractivity contribution is -0.117. The van der Waals surface area contributed by atoms with Crippen LogP contribution in [0.2, 0.25) is 0 Å². The lowest BCUT2D eigenvalue weighted by Gasteiger charge is -2.32. The maximum atomic E-state index is 14.1. The number of nitrogens with zero attached hydrogens (tertiary/aromatic N) is 3. The van der Waals surface area contributed by atoms with E-state index in [1.165, 1.54) is 12.3 Å². The molecule has 1 aliphatic heterocycles. The number of benzene rings is 1. The number of pyridine rings is 2. The first-order chi connectivity index (χ1) is 15.5. The number of aromatic nitrogens is 2. The zero-order chi connectivity index (χ0) is 22.2. The monoisotopic (exact) mass is 430 g/mol. The fourth-order valence-corrected chi connectivity index (χ4v) is 4.23. The molecule has 0 bridgehead atoms. The molecular weight excluding hydrogens is 407 g/mol. The van der Waals surface area contributed by atoms with Crippen molar-refractivity contribution in [3.63, 3.8) is 0 Å². The van der Waals surface area contributed by atoms with Gasteiger partial charge in [0, 0.05) is 30.6 Å². The number of hydrogen-bond donors (Lipinski definition) is 1. The average molecular weight is 430 g/mol. The molecule has 1 atom stereocenters. The SMILES string of the molecule is CC1CN(C(=O)c2ccncc2F)CC=C1c1cc(NC(=O)C2CC2)nc2ccccc12. The Morgan fingerprint density at radius 2 is 2.00 bits per heavy atom. The molecule has 2 amide bonds. The molecule has 0 saturated heterocycles. The van der Waals surface area contributed by atoms with E-state index < -0.39 is 5.82 Å². The van der Waals surface area contributed by atoms with Crippen LogP contribution in [0.5, 0.6) is 0 Å². The van der Waals surface area contributed by atoms with Crippen LogP contribution in [0.15, 0.2) is 54.9 Å². The number of fused-ring (bicyclic) bond motifs is 1. The largest absolute Gasteiger partial charge is 0.334 e. The zero-order valence-corrected chi connectivity index (χ0v) is 17.7. The molecule has 162 valence electrons. The molecule has 2 aromatic heterocycles. The lowest BCUT2D eigenvalue weighted by Crippen LogP contribution is -2.38. The highest BCUT2D eigenvalue weighted by molar-refractivity contribution is 5.99. The summed E-state index contributed by atoms with van der Waals surface area (Å²) in [6.07, 6.45) is 6.35. The number of rotatable bonds is 4. The fraction of sp³-hybridized carbons (Fsp3) is 0.280. The number of nitrogens with one attached hydrogen (secondary N) is 1. The third kappa shape index (κ3) is 3.86. The average Bonchev–Trinajstić information content (AvgIpc) is 3.64. The van der Waals surface area contributed by atoms with Gasteiger partial charge in [-0.3, -0.25) is 14.6 Å². The molecule has 7 heteroatoms. The van der Waals surface area contributed by atoms with Crippen molar-refractivity contribution in [3.05, 3.63) is 71.8 Å². The Morgan fingerprint density at radius 1 is 1.19 bits per heavy atom. The second-order valence-corrected chi connectivity index (χ2v) is 8.46. The predicted octanol–water partition coefficient (Wildman–Crippen LogP) is 4.29. The minimum absolute atomic E-state index is 0.0144. The van der Waals surface area contributed by atoms with E-state index in [1.54, 1.807) is 4.90 Å². The summed E-state index contributed by atoms with van der Waals surface area (Å²) in [5, 5.41) is 3.95. The van der Waals surface area contributed by atoms with Crippen LogP contribution in [0.4, 0.5) is 10.2 Å². The first kappa shape index (κ1) is 20.3. The number of anilines is 1. The third-order valence-corrected chi connectivity index (χ3v) is 6.07. The Kier molecular flexibility index (Phi) is 5.17.